The van der Waals surface area contributed by atoms with Gasteiger partial charge in [-0.2, -0.15) is 0 Å². The Bertz CT molecular complexity index is 599. The van der Waals surface area contributed by atoms with Crippen molar-refractivity contribution in [2.75, 3.05) is 31.1 Å². The lowest BCUT2D eigenvalue weighted by atomic mass is 10.1. The topological polar surface area (TPSA) is 87.5 Å². The van der Waals surface area contributed by atoms with Gasteiger partial charge in [0.2, 0.25) is 0 Å². The Hall–Kier alpha value is -1.86. The molecular weight excluding hydrogens is 332 g/mol. The number of carbonyl (C=O) groups excluding carboxylic acids is 1. The van der Waals surface area contributed by atoms with Crippen molar-refractivity contribution < 1.29 is 9.72 Å². The molecule has 3 rings (SSSR count). The van der Waals surface area contributed by atoms with Gasteiger partial charge in [0.1, 0.15) is 5.69 Å². The summed E-state index contributed by atoms with van der Waals surface area (Å²) in [6.45, 7) is 3.39. The molecule has 2 aliphatic heterocycles. The highest BCUT2D eigenvalue weighted by atomic mass is 35.5. The predicted octanol–water partition coefficient (Wildman–Crippen LogP) is 2.10. The smallest absolute Gasteiger partial charge is 0.293 e. The molecule has 8 heteroatoms. The van der Waals surface area contributed by atoms with E-state index in [-0.39, 0.29) is 30.0 Å². The second-order valence-electron chi connectivity index (χ2n) is 6.17. The average Bonchev–Trinajstić information content (AvgIpc) is 3.09. The molecule has 1 aromatic carbocycles. The van der Waals surface area contributed by atoms with Crippen LogP contribution in [0.4, 0.5) is 11.4 Å². The molecular formula is C16H23ClN4O3. The minimum atomic E-state index is -0.396. The van der Waals surface area contributed by atoms with Crippen LogP contribution in [0.1, 0.15) is 36.0 Å². The van der Waals surface area contributed by atoms with E-state index in [4.69, 9.17) is 0 Å². The van der Waals surface area contributed by atoms with Crippen LogP contribution in [-0.4, -0.2) is 43.1 Å². The van der Waals surface area contributed by atoms with Crippen molar-refractivity contribution >= 4 is 29.7 Å². The minimum Gasteiger partial charge on any atom is -0.366 e. The van der Waals surface area contributed by atoms with Gasteiger partial charge in [-0.15, -0.1) is 12.4 Å². The molecule has 0 aliphatic carbocycles. The van der Waals surface area contributed by atoms with Crippen molar-refractivity contribution in [3.63, 3.8) is 0 Å². The second-order valence-corrected chi connectivity index (χ2v) is 6.17. The van der Waals surface area contributed by atoms with E-state index < -0.39 is 4.92 Å². The lowest BCUT2D eigenvalue weighted by Crippen LogP contribution is -2.45. The van der Waals surface area contributed by atoms with Gasteiger partial charge in [-0.1, -0.05) is 0 Å². The number of rotatable bonds is 4. The van der Waals surface area contributed by atoms with E-state index in [9.17, 15) is 14.9 Å². The van der Waals surface area contributed by atoms with Gasteiger partial charge in [0.05, 0.1) is 4.92 Å². The van der Waals surface area contributed by atoms with Crippen LogP contribution in [0, 0.1) is 10.1 Å². The summed E-state index contributed by atoms with van der Waals surface area (Å²) in [5.41, 5.74) is 0.981. The summed E-state index contributed by atoms with van der Waals surface area (Å²) in [6.07, 6.45) is 4.06. The summed E-state index contributed by atoms with van der Waals surface area (Å²) in [5, 5.41) is 17.6. The first kappa shape index (κ1) is 18.5. The van der Waals surface area contributed by atoms with Crippen molar-refractivity contribution in [3.8, 4) is 0 Å². The van der Waals surface area contributed by atoms with E-state index in [0.29, 0.717) is 11.3 Å². The summed E-state index contributed by atoms with van der Waals surface area (Å²) in [6, 6.07) is 4.89. The van der Waals surface area contributed by atoms with Crippen LogP contribution in [-0.2, 0) is 0 Å². The van der Waals surface area contributed by atoms with Gasteiger partial charge in [-0.05, 0) is 44.4 Å². The van der Waals surface area contributed by atoms with Crippen molar-refractivity contribution in [1.29, 1.82) is 0 Å². The Labute approximate surface area is 147 Å². The maximum absolute atomic E-state index is 12.3. The zero-order valence-corrected chi connectivity index (χ0v) is 14.3. The number of amides is 1. The van der Waals surface area contributed by atoms with Crippen molar-refractivity contribution in [1.82, 2.24) is 10.6 Å². The Morgan fingerprint density at radius 3 is 2.67 bits per heavy atom. The molecule has 24 heavy (non-hydrogen) atoms. The number of halogens is 1. The molecule has 0 bridgehead atoms. The van der Waals surface area contributed by atoms with Crippen molar-refractivity contribution in [3.05, 3.63) is 33.9 Å². The second kappa shape index (κ2) is 8.30. The van der Waals surface area contributed by atoms with Gasteiger partial charge in [0.25, 0.3) is 11.6 Å². The molecule has 132 valence electrons. The molecule has 2 aliphatic rings. The number of hydrogen-bond acceptors (Lipinski definition) is 5. The van der Waals surface area contributed by atoms with Crippen LogP contribution in [0.2, 0.25) is 0 Å². The third-order valence-corrected chi connectivity index (χ3v) is 4.51. The number of nitro groups is 1. The fourth-order valence-electron chi connectivity index (χ4n) is 3.28. The Morgan fingerprint density at radius 2 is 2.04 bits per heavy atom. The molecule has 1 amide bonds. The zero-order valence-electron chi connectivity index (χ0n) is 13.5. The van der Waals surface area contributed by atoms with E-state index in [1.165, 1.54) is 6.07 Å². The highest BCUT2D eigenvalue weighted by Crippen LogP contribution is 2.31. The first-order chi connectivity index (χ1) is 11.1. The number of nitrogens with one attached hydrogen (secondary N) is 2. The minimum absolute atomic E-state index is 0. The number of hydrogen-bond donors (Lipinski definition) is 2. The maximum atomic E-state index is 12.3. The fourth-order valence-corrected chi connectivity index (χ4v) is 3.28. The Morgan fingerprint density at radius 1 is 1.29 bits per heavy atom. The lowest BCUT2D eigenvalue weighted by molar-refractivity contribution is -0.384. The average molecular weight is 355 g/mol. The normalized spacial score (nSPS) is 20.3. The van der Waals surface area contributed by atoms with Crippen LogP contribution in [0.3, 0.4) is 0 Å². The SMILES string of the molecule is Cl.O=C(N[C@H]1CCCNC1)c1ccc(N2CCCC2)c([N+](=O)[O-])c1. The molecule has 0 radical (unpaired) electrons. The first-order valence-corrected chi connectivity index (χ1v) is 8.20. The number of piperidine rings is 1. The maximum Gasteiger partial charge on any atom is 0.293 e. The van der Waals surface area contributed by atoms with Crippen LogP contribution in [0.25, 0.3) is 0 Å². The highest BCUT2D eigenvalue weighted by Gasteiger charge is 2.24. The molecule has 1 atom stereocenters. The van der Waals surface area contributed by atoms with E-state index in [1.807, 2.05) is 4.90 Å². The van der Waals surface area contributed by atoms with Gasteiger partial charge >= 0.3 is 0 Å². The quantitative estimate of drug-likeness (QED) is 0.638. The first-order valence-electron chi connectivity index (χ1n) is 8.20. The summed E-state index contributed by atoms with van der Waals surface area (Å²) < 4.78 is 0. The molecule has 7 nitrogen and oxygen atoms in total. The molecule has 0 spiro atoms. The number of nitro benzene ring substituents is 1. The van der Waals surface area contributed by atoms with Crippen LogP contribution >= 0.6 is 12.4 Å². The third-order valence-electron chi connectivity index (χ3n) is 4.51. The molecule has 0 unspecified atom stereocenters. The van der Waals surface area contributed by atoms with E-state index in [2.05, 4.69) is 10.6 Å². The number of anilines is 1. The molecule has 1 aromatic rings. The van der Waals surface area contributed by atoms with E-state index in [1.54, 1.807) is 12.1 Å². The monoisotopic (exact) mass is 354 g/mol. The molecule has 0 aromatic heterocycles. The highest BCUT2D eigenvalue weighted by molar-refractivity contribution is 5.96. The third kappa shape index (κ3) is 4.15. The van der Waals surface area contributed by atoms with Crippen molar-refractivity contribution in [2.45, 2.75) is 31.7 Å². The predicted molar refractivity (Wildman–Crippen MR) is 95.1 cm³/mol. The number of carbonyl (C=O) groups is 1. The molecule has 2 heterocycles. The molecule has 2 fully saturated rings. The Kier molecular flexibility index (Phi) is 6.39. The molecule has 2 N–H and O–H groups in total. The van der Waals surface area contributed by atoms with Crippen LogP contribution in [0.15, 0.2) is 18.2 Å². The standard InChI is InChI=1S/C16H22N4O3.ClH/c21-16(18-13-4-3-7-17-11-13)12-5-6-14(15(10-12)20(22)23)19-8-1-2-9-19;/h5-6,10,13,17H,1-4,7-9,11H2,(H,18,21);1H/t13-;/m0./s1. The van der Waals surface area contributed by atoms with Gasteiger partial charge < -0.3 is 15.5 Å². The van der Waals surface area contributed by atoms with E-state index >= 15 is 0 Å². The lowest BCUT2D eigenvalue weighted by Gasteiger charge is -2.24. The fraction of sp³-hybridized carbons (Fsp3) is 0.562. The summed E-state index contributed by atoms with van der Waals surface area (Å²) in [5.74, 6) is -0.241. The zero-order chi connectivity index (χ0) is 16.2. The van der Waals surface area contributed by atoms with Crippen LogP contribution in [0.5, 0.6) is 0 Å². The van der Waals surface area contributed by atoms with Gasteiger partial charge in [-0.25, -0.2) is 0 Å². The number of nitrogens with zero attached hydrogens (tertiary/aromatic N) is 2. The summed E-state index contributed by atoms with van der Waals surface area (Å²) in [4.78, 5) is 25.3. The van der Waals surface area contributed by atoms with Gasteiger partial charge in [0, 0.05) is 37.3 Å². The number of benzene rings is 1. The Balaban J connectivity index is 0.00000208. The van der Waals surface area contributed by atoms with Crippen LogP contribution < -0.4 is 15.5 Å². The van der Waals surface area contributed by atoms with Gasteiger partial charge in [0.15, 0.2) is 0 Å². The van der Waals surface area contributed by atoms with Gasteiger partial charge in [-0.3, -0.25) is 14.9 Å². The summed E-state index contributed by atoms with van der Waals surface area (Å²) >= 11 is 0. The largest absolute Gasteiger partial charge is 0.366 e. The summed E-state index contributed by atoms with van der Waals surface area (Å²) in [7, 11) is 0. The molecule has 0 saturated carbocycles. The van der Waals surface area contributed by atoms with Crippen molar-refractivity contribution in [2.24, 2.45) is 0 Å². The molecule has 2 saturated heterocycles. The van der Waals surface area contributed by atoms with E-state index in [0.717, 1.165) is 51.9 Å².